The number of alkyl halides is 16. The molecule has 0 aromatic rings. The van der Waals surface area contributed by atoms with Crippen LogP contribution in [-0.2, 0) is 19.2 Å². The summed E-state index contributed by atoms with van der Waals surface area (Å²) in [6, 6.07) is 0. The number of carbonyl (C=O) groups is 4. The molecule has 0 bridgehead atoms. The largest absolute Gasteiger partial charge is 0.456 e. The monoisotopic (exact) mass is 514 g/mol. The molecule has 32 heavy (non-hydrogen) atoms. The molecule has 186 valence electrons. The molecule has 0 saturated heterocycles. The Kier molecular flexibility index (Phi) is 7.25. The molecular formula is C12H2F16O4. The van der Waals surface area contributed by atoms with Gasteiger partial charge in [-0.25, -0.2) is 0 Å². The molecule has 0 aliphatic carbocycles. The van der Waals surface area contributed by atoms with Crippen molar-refractivity contribution in [3.8, 4) is 0 Å². The van der Waals surface area contributed by atoms with E-state index in [0.717, 1.165) is 0 Å². The van der Waals surface area contributed by atoms with Crippen molar-refractivity contribution in [3.05, 3.63) is 0 Å². The number of hydrogen-bond acceptors (Lipinski definition) is 4. The Hall–Kier alpha value is -2.44. The van der Waals surface area contributed by atoms with E-state index in [9.17, 15) is 89.4 Å². The molecular weight excluding hydrogens is 512 g/mol. The molecule has 0 atom stereocenters. The third-order valence-electron chi connectivity index (χ3n) is 3.12. The molecule has 0 aliphatic heterocycles. The van der Waals surface area contributed by atoms with Crippen LogP contribution in [0.15, 0.2) is 0 Å². The zero-order chi connectivity index (χ0) is 26.5. The second-order valence-electron chi connectivity index (χ2n) is 5.61. The lowest BCUT2D eigenvalue weighted by Gasteiger charge is -2.29. The molecule has 20 heteroatoms. The number of halogens is 16. The number of hydrogen-bond donors (Lipinski definition) is 0. The van der Waals surface area contributed by atoms with Gasteiger partial charge in [-0.15, -0.1) is 0 Å². The van der Waals surface area contributed by atoms with Crippen LogP contribution in [0.3, 0.4) is 0 Å². The summed E-state index contributed by atoms with van der Waals surface area (Å²) >= 11 is 0. The Bertz CT molecular complexity index is 803. The van der Waals surface area contributed by atoms with Crippen molar-refractivity contribution < 1.29 is 89.4 Å². The molecule has 0 aromatic heterocycles. The minimum atomic E-state index is -7.70. The van der Waals surface area contributed by atoms with Crippen LogP contribution in [0, 0.1) is 0 Å². The Labute approximate surface area is 162 Å². The van der Waals surface area contributed by atoms with Crippen molar-refractivity contribution >= 4 is 23.1 Å². The Balaban J connectivity index is 6.32. The fourth-order valence-corrected chi connectivity index (χ4v) is 1.63. The standard InChI is InChI=1S/C12H2F16O4/c13-6(14,1-7(15,16)17)2(29)8(18,19)3(30)10(22,23)11(24,25)4(31)9(20,21)5(32)12(26,27)28/h1H2. The van der Waals surface area contributed by atoms with Gasteiger partial charge in [0.1, 0.15) is 6.42 Å². The molecule has 0 aromatic carbocycles. The molecule has 0 spiro atoms. The highest BCUT2D eigenvalue weighted by molar-refractivity contribution is 6.18. The van der Waals surface area contributed by atoms with E-state index >= 15 is 0 Å². The van der Waals surface area contributed by atoms with Gasteiger partial charge in [-0.3, -0.25) is 19.2 Å². The van der Waals surface area contributed by atoms with Crippen LogP contribution < -0.4 is 0 Å². The first-order chi connectivity index (χ1) is 13.6. The minimum absolute atomic E-state index is 3.85. The van der Waals surface area contributed by atoms with Crippen LogP contribution in [0.2, 0.25) is 0 Å². The third kappa shape index (κ3) is 5.30. The maximum atomic E-state index is 13.4. The van der Waals surface area contributed by atoms with Crippen LogP contribution in [0.4, 0.5) is 70.2 Å². The van der Waals surface area contributed by atoms with Crippen molar-refractivity contribution in [1.82, 2.24) is 0 Å². The van der Waals surface area contributed by atoms with Gasteiger partial charge in [0.2, 0.25) is 0 Å². The number of ketones is 4. The van der Waals surface area contributed by atoms with Gasteiger partial charge >= 0.3 is 47.7 Å². The lowest BCUT2D eigenvalue weighted by molar-refractivity contribution is -0.237. The molecule has 4 nitrogen and oxygen atoms in total. The summed E-state index contributed by atoms with van der Waals surface area (Å²) in [5.74, 6) is -55.9. The predicted molar refractivity (Wildman–Crippen MR) is 61.5 cm³/mol. The summed E-state index contributed by atoms with van der Waals surface area (Å²) in [5, 5.41) is 0. The van der Waals surface area contributed by atoms with Crippen LogP contribution >= 0.6 is 0 Å². The molecule has 0 radical (unpaired) electrons. The van der Waals surface area contributed by atoms with E-state index in [0.29, 0.717) is 0 Å². The summed E-state index contributed by atoms with van der Waals surface area (Å²) in [4.78, 5) is 42.6. The smallest absolute Gasteiger partial charge is 0.286 e. The molecule has 0 rings (SSSR count). The van der Waals surface area contributed by atoms with Crippen molar-refractivity contribution in [2.45, 2.75) is 48.4 Å². The molecule has 0 amide bonds. The molecule has 0 aliphatic rings. The highest BCUT2D eigenvalue weighted by Gasteiger charge is 2.79. The maximum Gasteiger partial charge on any atom is 0.456 e. The highest BCUT2D eigenvalue weighted by atomic mass is 19.4. The first-order valence-corrected chi connectivity index (χ1v) is 6.80. The van der Waals surface area contributed by atoms with E-state index in [1.165, 1.54) is 0 Å². The van der Waals surface area contributed by atoms with E-state index < -0.39 is 71.5 Å². The molecule has 0 fully saturated rings. The Morgan fingerprint density at radius 1 is 0.438 bits per heavy atom. The van der Waals surface area contributed by atoms with Crippen LogP contribution in [-0.4, -0.2) is 65.1 Å². The van der Waals surface area contributed by atoms with Crippen molar-refractivity contribution in [2.24, 2.45) is 0 Å². The minimum Gasteiger partial charge on any atom is -0.286 e. The zero-order valence-corrected chi connectivity index (χ0v) is 13.9. The van der Waals surface area contributed by atoms with Crippen LogP contribution in [0.1, 0.15) is 6.42 Å². The van der Waals surface area contributed by atoms with E-state index in [1.807, 2.05) is 0 Å². The lowest BCUT2D eigenvalue weighted by Crippen LogP contribution is -2.65. The average molecular weight is 514 g/mol. The number of Topliss-reactive ketones (excluding diaryl/α,β-unsaturated/α-hetero) is 4. The Morgan fingerprint density at radius 2 is 0.719 bits per heavy atom. The lowest BCUT2D eigenvalue weighted by atomic mass is 9.91. The van der Waals surface area contributed by atoms with E-state index in [4.69, 9.17) is 0 Å². The SMILES string of the molecule is O=C(C(F)(F)F)C(F)(F)C(=O)C(F)(F)C(F)(F)C(=O)C(F)(F)C(=O)C(F)(F)CC(F)(F)F. The third-order valence-corrected chi connectivity index (χ3v) is 3.12. The average Bonchev–Trinajstić information content (AvgIpc) is 2.55. The molecule has 0 N–H and O–H groups in total. The zero-order valence-electron chi connectivity index (χ0n) is 13.9. The van der Waals surface area contributed by atoms with Crippen LogP contribution in [0.25, 0.3) is 0 Å². The first kappa shape index (κ1) is 29.6. The van der Waals surface area contributed by atoms with Gasteiger partial charge in [0.15, 0.2) is 0 Å². The summed E-state index contributed by atoms with van der Waals surface area (Å²) in [5.41, 5.74) is 0. The van der Waals surface area contributed by atoms with E-state index in [1.54, 1.807) is 0 Å². The highest BCUT2D eigenvalue weighted by Crippen LogP contribution is 2.46. The van der Waals surface area contributed by atoms with Crippen LogP contribution in [0.5, 0.6) is 0 Å². The predicted octanol–water partition coefficient (Wildman–Crippen LogP) is 3.95. The van der Waals surface area contributed by atoms with Gasteiger partial charge < -0.3 is 0 Å². The second kappa shape index (κ2) is 7.85. The fraction of sp³-hybridized carbons (Fsp3) is 0.667. The van der Waals surface area contributed by atoms with Gasteiger partial charge in [0.25, 0.3) is 17.3 Å². The van der Waals surface area contributed by atoms with E-state index in [2.05, 4.69) is 0 Å². The van der Waals surface area contributed by atoms with Gasteiger partial charge in [0.05, 0.1) is 0 Å². The Morgan fingerprint density at radius 3 is 0.969 bits per heavy atom. The van der Waals surface area contributed by atoms with Gasteiger partial charge in [0, 0.05) is 0 Å². The van der Waals surface area contributed by atoms with E-state index in [-0.39, 0.29) is 0 Å². The van der Waals surface area contributed by atoms with Gasteiger partial charge in [-0.2, -0.15) is 70.2 Å². The maximum absolute atomic E-state index is 13.4. The van der Waals surface area contributed by atoms with Crippen molar-refractivity contribution in [2.75, 3.05) is 0 Å². The number of rotatable bonds is 9. The molecule has 0 saturated carbocycles. The summed E-state index contributed by atoms with van der Waals surface area (Å²) in [6.07, 6.45) is -16.9. The molecule has 0 unspecified atom stereocenters. The fourth-order valence-electron chi connectivity index (χ4n) is 1.63. The topological polar surface area (TPSA) is 68.3 Å². The quantitative estimate of drug-likeness (QED) is 0.346. The van der Waals surface area contributed by atoms with Crippen molar-refractivity contribution in [1.29, 1.82) is 0 Å². The van der Waals surface area contributed by atoms with Crippen molar-refractivity contribution in [3.63, 3.8) is 0 Å². The van der Waals surface area contributed by atoms with Gasteiger partial charge in [-0.05, 0) is 0 Å². The normalized spacial score (nSPS) is 14.9. The summed E-state index contributed by atoms with van der Waals surface area (Å²) < 4.78 is 203. The summed E-state index contributed by atoms with van der Waals surface area (Å²) in [7, 11) is 0. The van der Waals surface area contributed by atoms with Gasteiger partial charge in [-0.1, -0.05) is 0 Å². The first-order valence-electron chi connectivity index (χ1n) is 6.80. The summed E-state index contributed by atoms with van der Waals surface area (Å²) in [6.45, 7) is 0. The molecule has 0 heterocycles. The second-order valence-corrected chi connectivity index (χ2v) is 5.61. The number of carbonyl (C=O) groups excluding carboxylic acids is 4.